The second-order valence-electron chi connectivity index (χ2n) is 7.55. The first-order valence-electron chi connectivity index (χ1n) is 10.1. The van der Waals surface area contributed by atoms with E-state index in [0.717, 1.165) is 5.56 Å². The molecule has 164 valence electrons. The molecule has 0 spiro atoms. The minimum atomic E-state index is -0.884. The van der Waals surface area contributed by atoms with E-state index in [1.165, 1.54) is 19.1 Å². The van der Waals surface area contributed by atoms with Crippen LogP contribution in [-0.2, 0) is 19.1 Å². The van der Waals surface area contributed by atoms with Crippen LogP contribution in [0.3, 0.4) is 0 Å². The minimum Gasteiger partial charge on any atom is -0.466 e. The predicted octanol–water partition coefficient (Wildman–Crippen LogP) is 3.71. The van der Waals surface area contributed by atoms with Crippen molar-refractivity contribution in [3.8, 4) is 6.07 Å². The van der Waals surface area contributed by atoms with Crippen molar-refractivity contribution < 1.29 is 19.1 Å². The molecule has 32 heavy (non-hydrogen) atoms. The predicted molar refractivity (Wildman–Crippen MR) is 120 cm³/mol. The summed E-state index contributed by atoms with van der Waals surface area (Å²) < 4.78 is 10.1. The standard InChI is InChI=1S/C25H25N3O4/c1-15(2)17-12-8-9-13-19(17)28-22(25(30)32-4)21(24(29)31-3)20(18(14-26)23(28)27)16-10-6-5-7-11-16/h5-13,15,20H,27H2,1-4H3. The number of methoxy groups -OCH3 is 2. The highest BCUT2D eigenvalue weighted by molar-refractivity contribution is 6.06. The van der Waals surface area contributed by atoms with E-state index in [1.54, 1.807) is 36.4 Å². The molecule has 7 nitrogen and oxygen atoms in total. The number of benzene rings is 2. The first kappa shape index (κ1) is 22.6. The summed E-state index contributed by atoms with van der Waals surface area (Å²) >= 11 is 0. The summed E-state index contributed by atoms with van der Waals surface area (Å²) in [6, 6.07) is 18.5. The van der Waals surface area contributed by atoms with Crippen LogP contribution in [0.5, 0.6) is 0 Å². The van der Waals surface area contributed by atoms with E-state index in [2.05, 4.69) is 6.07 Å². The van der Waals surface area contributed by atoms with Gasteiger partial charge in [0.15, 0.2) is 0 Å². The Bertz CT molecular complexity index is 1140. The van der Waals surface area contributed by atoms with E-state index in [1.807, 2.05) is 32.0 Å². The highest BCUT2D eigenvalue weighted by Gasteiger charge is 2.43. The first-order valence-corrected chi connectivity index (χ1v) is 10.1. The molecule has 2 aromatic carbocycles. The molecule has 2 N–H and O–H groups in total. The zero-order chi connectivity index (χ0) is 23.4. The number of hydrogen-bond donors (Lipinski definition) is 1. The zero-order valence-corrected chi connectivity index (χ0v) is 18.5. The lowest BCUT2D eigenvalue weighted by Crippen LogP contribution is -2.41. The Kier molecular flexibility index (Phi) is 6.64. The molecule has 1 aliphatic heterocycles. The molecule has 0 aliphatic carbocycles. The second kappa shape index (κ2) is 9.40. The van der Waals surface area contributed by atoms with Gasteiger partial charge in [-0.05, 0) is 23.1 Å². The van der Waals surface area contributed by atoms with E-state index in [4.69, 9.17) is 15.2 Å². The van der Waals surface area contributed by atoms with Gasteiger partial charge in [0.2, 0.25) is 0 Å². The Hall–Kier alpha value is -4.05. The van der Waals surface area contributed by atoms with Crippen molar-refractivity contribution in [1.29, 1.82) is 5.26 Å². The number of para-hydroxylation sites is 1. The third-order valence-corrected chi connectivity index (χ3v) is 5.41. The highest BCUT2D eigenvalue weighted by atomic mass is 16.5. The summed E-state index contributed by atoms with van der Waals surface area (Å²) in [5.41, 5.74) is 8.70. The van der Waals surface area contributed by atoms with Gasteiger partial charge in [0.05, 0.1) is 43.0 Å². The summed E-state index contributed by atoms with van der Waals surface area (Å²) in [6.07, 6.45) is 0. The Labute approximate surface area is 187 Å². The van der Waals surface area contributed by atoms with Crippen LogP contribution in [0.25, 0.3) is 0 Å². The molecule has 7 heteroatoms. The molecule has 0 aromatic heterocycles. The monoisotopic (exact) mass is 431 g/mol. The van der Waals surface area contributed by atoms with Crippen molar-refractivity contribution in [3.63, 3.8) is 0 Å². The number of anilines is 1. The SMILES string of the molecule is COC(=O)C1=C(C(=O)OC)N(c2ccccc2C(C)C)C(N)=C(C#N)C1c1ccccc1. The molecule has 2 aromatic rings. The Balaban J connectivity index is 2.45. The fraction of sp³-hybridized carbons (Fsp3) is 0.240. The number of nitriles is 1. The van der Waals surface area contributed by atoms with Crippen molar-refractivity contribution in [3.05, 3.63) is 88.4 Å². The van der Waals surface area contributed by atoms with Gasteiger partial charge >= 0.3 is 11.9 Å². The molecule has 1 heterocycles. The van der Waals surface area contributed by atoms with Crippen molar-refractivity contribution >= 4 is 17.6 Å². The molecule has 0 saturated heterocycles. The van der Waals surface area contributed by atoms with Crippen LogP contribution in [0.1, 0.15) is 36.8 Å². The maximum Gasteiger partial charge on any atom is 0.355 e. The van der Waals surface area contributed by atoms with Gasteiger partial charge in [-0.25, -0.2) is 9.59 Å². The number of nitrogens with two attached hydrogens (primary N) is 1. The lowest BCUT2D eigenvalue weighted by atomic mass is 9.80. The van der Waals surface area contributed by atoms with Gasteiger partial charge in [0, 0.05) is 0 Å². The van der Waals surface area contributed by atoms with E-state index < -0.39 is 17.9 Å². The number of carbonyl (C=O) groups excluding carboxylic acids is 2. The fourth-order valence-electron chi connectivity index (χ4n) is 3.94. The fourth-order valence-corrected chi connectivity index (χ4v) is 3.94. The maximum absolute atomic E-state index is 13.1. The van der Waals surface area contributed by atoms with Gasteiger partial charge in [-0.3, -0.25) is 4.90 Å². The first-order chi connectivity index (χ1) is 15.4. The van der Waals surface area contributed by atoms with Crippen LogP contribution >= 0.6 is 0 Å². The average Bonchev–Trinajstić information content (AvgIpc) is 2.82. The number of allylic oxidation sites excluding steroid dienone is 1. The van der Waals surface area contributed by atoms with Gasteiger partial charge in [-0.2, -0.15) is 5.26 Å². The van der Waals surface area contributed by atoms with Gasteiger partial charge < -0.3 is 15.2 Å². The highest BCUT2D eigenvalue weighted by Crippen LogP contribution is 2.44. The van der Waals surface area contributed by atoms with E-state index in [0.29, 0.717) is 11.3 Å². The van der Waals surface area contributed by atoms with Gasteiger partial charge in [0.1, 0.15) is 11.5 Å². The van der Waals surface area contributed by atoms with Crippen molar-refractivity contribution in [2.24, 2.45) is 5.73 Å². The topological polar surface area (TPSA) is 106 Å². The van der Waals surface area contributed by atoms with E-state index in [-0.39, 0.29) is 28.6 Å². The largest absolute Gasteiger partial charge is 0.466 e. The van der Waals surface area contributed by atoms with Crippen LogP contribution in [-0.4, -0.2) is 26.2 Å². The summed E-state index contributed by atoms with van der Waals surface area (Å²) in [5, 5.41) is 10.1. The number of carbonyl (C=O) groups is 2. The number of ether oxygens (including phenoxy) is 2. The van der Waals surface area contributed by atoms with Gasteiger partial charge in [0.25, 0.3) is 0 Å². The van der Waals surface area contributed by atoms with Crippen LogP contribution in [0.2, 0.25) is 0 Å². The lowest BCUT2D eigenvalue weighted by Gasteiger charge is -2.37. The second-order valence-corrected chi connectivity index (χ2v) is 7.55. The van der Waals surface area contributed by atoms with Crippen LogP contribution in [0.15, 0.2) is 77.3 Å². The number of nitrogens with zero attached hydrogens (tertiary/aromatic N) is 2. The number of esters is 2. The lowest BCUT2D eigenvalue weighted by molar-refractivity contribution is -0.139. The molecule has 1 atom stereocenters. The van der Waals surface area contributed by atoms with Gasteiger partial charge in [-0.1, -0.05) is 62.4 Å². The Morgan fingerprint density at radius 1 is 1.00 bits per heavy atom. The molecule has 1 aliphatic rings. The Morgan fingerprint density at radius 2 is 1.59 bits per heavy atom. The zero-order valence-electron chi connectivity index (χ0n) is 18.5. The molecule has 0 saturated carbocycles. The van der Waals surface area contributed by atoms with E-state index in [9.17, 15) is 14.9 Å². The van der Waals surface area contributed by atoms with Gasteiger partial charge in [-0.15, -0.1) is 0 Å². The van der Waals surface area contributed by atoms with Crippen molar-refractivity contribution in [2.45, 2.75) is 25.7 Å². The quantitative estimate of drug-likeness (QED) is 0.720. The smallest absolute Gasteiger partial charge is 0.355 e. The number of rotatable bonds is 5. The van der Waals surface area contributed by atoms with Crippen molar-refractivity contribution in [2.75, 3.05) is 19.1 Å². The molecular weight excluding hydrogens is 406 g/mol. The van der Waals surface area contributed by atoms with Crippen LogP contribution < -0.4 is 10.6 Å². The van der Waals surface area contributed by atoms with Crippen molar-refractivity contribution in [1.82, 2.24) is 0 Å². The maximum atomic E-state index is 13.1. The molecular formula is C25H25N3O4. The summed E-state index contributed by atoms with van der Waals surface area (Å²) in [6.45, 7) is 4.01. The Morgan fingerprint density at radius 3 is 2.16 bits per heavy atom. The minimum absolute atomic E-state index is 0.00476. The number of hydrogen-bond acceptors (Lipinski definition) is 7. The third kappa shape index (κ3) is 3.83. The summed E-state index contributed by atoms with van der Waals surface area (Å²) in [7, 11) is 2.46. The normalized spacial score (nSPS) is 16.1. The molecule has 0 radical (unpaired) electrons. The average molecular weight is 431 g/mol. The molecule has 0 amide bonds. The van der Waals surface area contributed by atoms with Crippen LogP contribution in [0.4, 0.5) is 5.69 Å². The molecule has 1 unspecified atom stereocenters. The summed E-state index contributed by atoms with van der Waals surface area (Å²) in [4.78, 5) is 27.6. The van der Waals surface area contributed by atoms with Crippen LogP contribution in [0, 0.1) is 11.3 Å². The molecule has 3 rings (SSSR count). The molecule has 0 bridgehead atoms. The van der Waals surface area contributed by atoms with E-state index >= 15 is 0 Å². The summed E-state index contributed by atoms with van der Waals surface area (Å²) in [5.74, 6) is -2.25. The molecule has 0 fully saturated rings. The third-order valence-electron chi connectivity index (χ3n) is 5.41.